The van der Waals surface area contributed by atoms with Gasteiger partial charge in [0.25, 0.3) is 5.91 Å². The third-order valence-electron chi connectivity index (χ3n) is 5.35. The summed E-state index contributed by atoms with van der Waals surface area (Å²) >= 11 is 0. The standard InChI is InChI=1S/C26H22N4O4/c1-15(28-26(34)19-10-8-18(9-11-19)17-6-4-3-5-7-17)25(33)30-22-13-12-21-23(29-22)24(32)20(14-27-21)16(2)31/h3-15H,1-2H3,(H,27,32)(H,28,34)(H,29,30,33)/t15-/m0/s1. The highest BCUT2D eigenvalue weighted by molar-refractivity contribution is 6.01. The second kappa shape index (κ2) is 9.50. The molecule has 4 rings (SSSR count). The number of H-pyrrole nitrogens is 1. The largest absolute Gasteiger partial charge is 0.359 e. The normalized spacial score (nSPS) is 11.6. The van der Waals surface area contributed by atoms with E-state index in [1.807, 2.05) is 42.5 Å². The molecule has 0 saturated heterocycles. The number of ketones is 1. The molecule has 1 atom stereocenters. The monoisotopic (exact) mass is 454 g/mol. The molecule has 0 fully saturated rings. The molecule has 0 radical (unpaired) electrons. The average Bonchev–Trinajstić information content (AvgIpc) is 2.85. The number of rotatable bonds is 6. The van der Waals surface area contributed by atoms with Crippen LogP contribution in [0.1, 0.15) is 34.6 Å². The van der Waals surface area contributed by atoms with Crippen molar-refractivity contribution in [2.24, 2.45) is 0 Å². The first-order chi connectivity index (χ1) is 16.3. The molecular formula is C26H22N4O4. The van der Waals surface area contributed by atoms with Crippen molar-refractivity contribution in [1.29, 1.82) is 0 Å². The molecule has 3 N–H and O–H groups in total. The first kappa shape index (κ1) is 22.6. The van der Waals surface area contributed by atoms with Gasteiger partial charge in [0, 0.05) is 11.8 Å². The van der Waals surface area contributed by atoms with Crippen molar-refractivity contribution in [3.8, 4) is 11.1 Å². The Morgan fingerprint density at radius 1 is 0.912 bits per heavy atom. The van der Waals surface area contributed by atoms with Crippen LogP contribution >= 0.6 is 0 Å². The third kappa shape index (κ3) is 4.75. The number of nitrogens with one attached hydrogen (secondary N) is 3. The van der Waals surface area contributed by atoms with E-state index in [0.717, 1.165) is 11.1 Å². The van der Waals surface area contributed by atoms with Crippen molar-refractivity contribution in [2.45, 2.75) is 19.9 Å². The molecule has 2 heterocycles. The zero-order valence-electron chi connectivity index (χ0n) is 18.6. The molecule has 0 unspecified atom stereocenters. The number of aromatic nitrogens is 2. The summed E-state index contributed by atoms with van der Waals surface area (Å²) in [6, 6.07) is 19.1. The van der Waals surface area contributed by atoms with Gasteiger partial charge in [0.1, 0.15) is 17.4 Å². The third-order valence-corrected chi connectivity index (χ3v) is 5.35. The molecule has 8 nitrogen and oxygen atoms in total. The topological polar surface area (TPSA) is 121 Å². The van der Waals surface area contributed by atoms with Gasteiger partial charge in [-0.3, -0.25) is 19.2 Å². The zero-order valence-corrected chi connectivity index (χ0v) is 18.6. The summed E-state index contributed by atoms with van der Waals surface area (Å²) in [5, 5.41) is 5.25. The Hall–Kier alpha value is -4.59. The van der Waals surface area contributed by atoms with Crippen LogP contribution in [0.3, 0.4) is 0 Å². The summed E-state index contributed by atoms with van der Waals surface area (Å²) in [4.78, 5) is 56.3. The lowest BCUT2D eigenvalue weighted by Gasteiger charge is -2.14. The van der Waals surface area contributed by atoms with Gasteiger partial charge in [-0.15, -0.1) is 0 Å². The van der Waals surface area contributed by atoms with Gasteiger partial charge in [-0.05, 0) is 49.2 Å². The molecule has 0 bridgehead atoms. The lowest BCUT2D eigenvalue weighted by molar-refractivity contribution is -0.117. The summed E-state index contributed by atoms with van der Waals surface area (Å²) in [6.07, 6.45) is 1.34. The van der Waals surface area contributed by atoms with Crippen LogP contribution in [0.5, 0.6) is 0 Å². The van der Waals surface area contributed by atoms with Gasteiger partial charge in [-0.25, -0.2) is 4.98 Å². The minimum absolute atomic E-state index is 0.0117. The van der Waals surface area contributed by atoms with E-state index in [4.69, 9.17) is 0 Å². The van der Waals surface area contributed by atoms with Crippen molar-refractivity contribution in [1.82, 2.24) is 15.3 Å². The molecule has 0 aliphatic heterocycles. The molecule has 170 valence electrons. The van der Waals surface area contributed by atoms with Crippen LogP contribution in [0.4, 0.5) is 5.82 Å². The number of carbonyl (C=O) groups is 3. The Bertz CT molecular complexity index is 1440. The molecule has 0 aliphatic carbocycles. The zero-order chi connectivity index (χ0) is 24.2. The molecule has 0 saturated carbocycles. The molecular weight excluding hydrogens is 432 g/mol. The van der Waals surface area contributed by atoms with Crippen molar-refractivity contribution < 1.29 is 14.4 Å². The number of carbonyl (C=O) groups excluding carboxylic acids is 3. The van der Waals surface area contributed by atoms with E-state index in [2.05, 4.69) is 20.6 Å². The lowest BCUT2D eigenvalue weighted by Crippen LogP contribution is -2.41. The summed E-state index contributed by atoms with van der Waals surface area (Å²) < 4.78 is 0. The predicted molar refractivity (Wildman–Crippen MR) is 130 cm³/mol. The van der Waals surface area contributed by atoms with Crippen LogP contribution in [0.15, 0.2) is 77.7 Å². The van der Waals surface area contributed by atoms with Crippen LogP contribution < -0.4 is 16.1 Å². The number of nitrogens with zero attached hydrogens (tertiary/aromatic N) is 1. The van der Waals surface area contributed by atoms with Gasteiger partial charge in [0.15, 0.2) is 5.78 Å². The van der Waals surface area contributed by atoms with Crippen LogP contribution in [-0.4, -0.2) is 33.6 Å². The average molecular weight is 454 g/mol. The van der Waals surface area contributed by atoms with Gasteiger partial charge >= 0.3 is 0 Å². The Balaban J connectivity index is 1.44. The van der Waals surface area contributed by atoms with E-state index < -0.39 is 23.3 Å². The van der Waals surface area contributed by atoms with Gasteiger partial charge in [-0.2, -0.15) is 0 Å². The Morgan fingerprint density at radius 3 is 2.26 bits per heavy atom. The number of pyridine rings is 2. The second-order valence-electron chi connectivity index (χ2n) is 7.81. The number of hydrogen-bond acceptors (Lipinski definition) is 5. The van der Waals surface area contributed by atoms with Crippen molar-refractivity contribution in [3.63, 3.8) is 0 Å². The Morgan fingerprint density at radius 2 is 1.59 bits per heavy atom. The van der Waals surface area contributed by atoms with Crippen LogP contribution in [0, 0.1) is 0 Å². The maximum Gasteiger partial charge on any atom is 0.251 e. The molecule has 0 spiro atoms. The van der Waals surface area contributed by atoms with Crippen molar-refractivity contribution in [3.05, 3.63) is 94.3 Å². The van der Waals surface area contributed by atoms with Crippen LogP contribution in [0.2, 0.25) is 0 Å². The first-order valence-electron chi connectivity index (χ1n) is 10.6. The predicted octanol–water partition coefficient (Wildman–Crippen LogP) is 3.55. The molecule has 2 aromatic heterocycles. The number of amides is 2. The van der Waals surface area contributed by atoms with Crippen LogP contribution in [-0.2, 0) is 4.79 Å². The summed E-state index contributed by atoms with van der Waals surface area (Å²) in [5.74, 6) is -1.14. The van der Waals surface area contributed by atoms with E-state index in [1.165, 1.54) is 19.2 Å². The van der Waals surface area contributed by atoms with Gasteiger partial charge in [0.05, 0.1) is 11.1 Å². The van der Waals surface area contributed by atoms with E-state index in [-0.39, 0.29) is 22.7 Å². The fourth-order valence-electron chi connectivity index (χ4n) is 3.45. The summed E-state index contributed by atoms with van der Waals surface area (Å²) in [6.45, 7) is 2.84. The molecule has 2 aromatic carbocycles. The summed E-state index contributed by atoms with van der Waals surface area (Å²) in [5.41, 5.74) is 2.40. The van der Waals surface area contributed by atoms with Gasteiger partial charge < -0.3 is 15.6 Å². The van der Waals surface area contributed by atoms with E-state index in [0.29, 0.717) is 11.1 Å². The highest BCUT2D eigenvalue weighted by Gasteiger charge is 2.18. The van der Waals surface area contributed by atoms with Crippen molar-refractivity contribution >= 4 is 34.4 Å². The quantitative estimate of drug-likeness (QED) is 0.385. The Labute approximate surface area is 195 Å². The maximum absolute atomic E-state index is 12.6. The van der Waals surface area contributed by atoms with Gasteiger partial charge in [-0.1, -0.05) is 42.5 Å². The minimum atomic E-state index is -0.861. The molecule has 2 amide bonds. The SMILES string of the molecule is CC(=O)c1c[nH]c2ccc(NC(=O)[C@H](C)NC(=O)c3ccc(-c4ccccc4)cc3)nc2c1=O. The van der Waals surface area contributed by atoms with E-state index in [9.17, 15) is 19.2 Å². The number of anilines is 1. The fourth-order valence-corrected chi connectivity index (χ4v) is 3.45. The number of aromatic amines is 1. The second-order valence-corrected chi connectivity index (χ2v) is 7.81. The molecule has 0 aliphatic rings. The summed E-state index contributed by atoms with van der Waals surface area (Å²) in [7, 11) is 0. The smallest absolute Gasteiger partial charge is 0.251 e. The maximum atomic E-state index is 12.6. The Kier molecular flexibility index (Phi) is 6.31. The van der Waals surface area contributed by atoms with E-state index in [1.54, 1.807) is 25.1 Å². The number of hydrogen-bond donors (Lipinski definition) is 3. The van der Waals surface area contributed by atoms with E-state index >= 15 is 0 Å². The fraction of sp³-hybridized carbons (Fsp3) is 0.115. The lowest BCUT2D eigenvalue weighted by atomic mass is 10.0. The number of Topliss-reactive ketones (excluding diaryl/α,β-unsaturated/α-hetero) is 1. The number of fused-ring (bicyclic) bond motifs is 1. The molecule has 4 aromatic rings. The van der Waals surface area contributed by atoms with Gasteiger partial charge in [0.2, 0.25) is 11.3 Å². The highest BCUT2D eigenvalue weighted by Crippen LogP contribution is 2.19. The first-order valence-corrected chi connectivity index (χ1v) is 10.6. The molecule has 8 heteroatoms. The molecule has 34 heavy (non-hydrogen) atoms. The number of benzene rings is 2. The van der Waals surface area contributed by atoms with Crippen LogP contribution in [0.25, 0.3) is 22.2 Å². The van der Waals surface area contributed by atoms with Crippen molar-refractivity contribution in [2.75, 3.05) is 5.32 Å². The highest BCUT2D eigenvalue weighted by atomic mass is 16.2. The minimum Gasteiger partial charge on any atom is -0.359 e.